The molecule has 0 saturated carbocycles. The minimum Gasteiger partial charge on any atom is -0.289 e. The Hall–Kier alpha value is -2.74. The molecule has 0 saturated heterocycles. The predicted molar refractivity (Wildman–Crippen MR) is 81.7 cm³/mol. The smallest absolute Gasteiger partial charge is 0.193 e. The van der Waals surface area contributed by atoms with Crippen LogP contribution < -0.4 is 0 Å². The van der Waals surface area contributed by atoms with Crippen LogP contribution in [0.25, 0.3) is 11.1 Å². The van der Waals surface area contributed by atoms with Crippen LogP contribution in [0.15, 0.2) is 78.9 Å². The van der Waals surface area contributed by atoms with E-state index in [4.69, 9.17) is 0 Å². The van der Waals surface area contributed by atoms with E-state index in [-0.39, 0.29) is 11.6 Å². The van der Waals surface area contributed by atoms with Crippen LogP contribution in [0.3, 0.4) is 0 Å². The Balaban J connectivity index is 1.92. The molecule has 0 heterocycles. The van der Waals surface area contributed by atoms with Gasteiger partial charge in [-0.3, -0.25) is 4.79 Å². The maximum Gasteiger partial charge on any atom is 0.193 e. The third-order valence-electron chi connectivity index (χ3n) is 3.37. The lowest BCUT2D eigenvalue weighted by atomic mass is 9.99. The summed E-state index contributed by atoms with van der Waals surface area (Å²) in [4.78, 5) is 12.3. The second kappa shape index (κ2) is 5.71. The highest BCUT2D eigenvalue weighted by atomic mass is 19.1. The number of hydrogen-bond donors (Lipinski definition) is 0. The molecule has 3 aromatic rings. The lowest BCUT2D eigenvalue weighted by Crippen LogP contribution is -2.00. The van der Waals surface area contributed by atoms with Gasteiger partial charge in [0, 0.05) is 16.7 Å². The van der Waals surface area contributed by atoms with Crippen LogP contribution in [0.2, 0.25) is 0 Å². The monoisotopic (exact) mass is 276 g/mol. The summed E-state index contributed by atoms with van der Waals surface area (Å²) in [6.45, 7) is 0. The lowest BCUT2D eigenvalue weighted by molar-refractivity contribution is 0.103. The normalized spacial score (nSPS) is 10.3. The van der Waals surface area contributed by atoms with E-state index in [2.05, 4.69) is 0 Å². The van der Waals surface area contributed by atoms with E-state index in [1.807, 2.05) is 18.2 Å². The number of halogens is 1. The number of rotatable bonds is 3. The third-order valence-corrected chi connectivity index (χ3v) is 3.37. The van der Waals surface area contributed by atoms with Crippen LogP contribution in [0, 0.1) is 5.82 Å². The molecule has 0 aliphatic carbocycles. The maximum absolute atomic E-state index is 13.7. The first-order chi connectivity index (χ1) is 10.3. The second-order valence-corrected chi connectivity index (χ2v) is 4.75. The summed E-state index contributed by atoms with van der Waals surface area (Å²) >= 11 is 0. The molecule has 102 valence electrons. The van der Waals surface area contributed by atoms with Gasteiger partial charge in [-0.15, -0.1) is 0 Å². The first-order valence-electron chi connectivity index (χ1n) is 6.70. The number of carbonyl (C=O) groups is 1. The zero-order chi connectivity index (χ0) is 14.7. The Labute approximate surface area is 122 Å². The molecule has 0 aliphatic heterocycles. The summed E-state index contributed by atoms with van der Waals surface area (Å²) in [6.07, 6.45) is 0. The van der Waals surface area contributed by atoms with Gasteiger partial charge in [-0.25, -0.2) is 4.39 Å². The average Bonchev–Trinajstić information content (AvgIpc) is 2.56. The largest absolute Gasteiger partial charge is 0.289 e. The SMILES string of the molecule is O=C(c1ccccc1)c1ccc(-c2ccccc2F)cc1. The van der Waals surface area contributed by atoms with Crippen LogP contribution in [0.4, 0.5) is 4.39 Å². The summed E-state index contributed by atoms with van der Waals surface area (Å²) in [5.41, 5.74) is 2.55. The minimum atomic E-state index is -0.264. The Morgan fingerprint density at radius 1 is 0.667 bits per heavy atom. The third kappa shape index (κ3) is 2.75. The molecule has 3 aromatic carbocycles. The van der Waals surface area contributed by atoms with E-state index in [9.17, 15) is 9.18 Å². The molecule has 0 amide bonds. The van der Waals surface area contributed by atoms with Gasteiger partial charge in [-0.05, 0) is 11.6 Å². The quantitative estimate of drug-likeness (QED) is 0.632. The predicted octanol–water partition coefficient (Wildman–Crippen LogP) is 4.72. The minimum absolute atomic E-state index is 0.0318. The van der Waals surface area contributed by atoms with Gasteiger partial charge >= 0.3 is 0 Å². The highest BCUT2D eigenvalue weighted by molar-refractivity contribution is 6.09. The zero-order valence-corrected chi connectivity index (χ0v) is 11.3. The van der Waals surface area contributed by atoms with Crippen molar-refractivity contribution in [2.45, 2.75) is 0 Å². The van der Waals surface area contributed by atoms with Crippen molar-refractivity contribution in [2.75, 3.05) is 0 Å². The fraction of sp³-hybridized carbons (Fsp3) is 0. The summed E-state index contributed by atoms with van der Waals surface area (Å²) < 4.78 is 13.7. The first-order valence-corrected chi connectivity index (χ1v) is 6.70. The fourth-order valence-electron chi connectivity index (χ4n) is 2.25. The molecule has 0 atom stereocenters. The van der Waals surface area contributed by atoms with Crippen LogP contribution in [-0.4, -0.2) is 5.78 Å². The lowest BCUT2D eigenvalue weighted by Gasteiger charge is -2.05. The van der Waals surface area contributed by atoms with Crippen LogP contribution >= 0.6 is 0 Å². The van der Waals surface area contributed by atoms with Crippen molar-refractivity contribution in [1.82, 2.24) is 0 Å². The van der Waals surface area contributed by atoms with Crippen molar-refractivity contribution in [1.29, 1.82) is 0 Å². The van der Waals surface area contributed by atoms with Gasteiger partial charge < -0.3 is 0 Å². The van der Waals surface area contributed by atoms with E-state index in [1.54, 1.807) is 54.6 Å². The van der Waals surface area contributed by atoms with E-state index in [0.29, 0.717) is 16.7 Å². The molecule has 2 heteroatoms. The molecule has 0 N–H and O–H groups in total. The van der Waals surface area contributed by atoms with Crippen LogP contribution in [0.5, 0.6) is 0 Å². The molecule has 0 radical (unpaired) electrons. The molecule has 3 rings (SSSR count). The van der Waals surface area contributed by atoms with Gasteiger partial charge in [0.25, 0.3) is 0 Å². The van der Waals surface area contributed by atoms with Gasteiger partial charge in [-0.1, -0.05) is 72.8 Å². The van der Waals surface area contributed by atoms with Crippen molar-refractivity contribution in [3.05, 3.63) is 95.8 Å². The highest BCUT2D eigenvalue weighted by Crippen LogP contribution is 2.23. The molecule has 0 aromatic heterocycles. The molecule has 0 unspecified atom stereocenters. The highest BCUT2D eigenvalue weighted by Gasteiger charge is 2.09. The second-order valence-electron chi connectivity index (χ2n) is 4.75. The molecule has 0 spiro atoms. The van der Waals surface area contributed by atoms with Gasteiger partial charge in [0.15, 0.2) is 5.78 Å². The van der Waals surface area contributed by atoms with Crippen LogP contribution in [0.1, 0.15) is 15.9 Å². The van der Waals surface area contributed by atoms with Gasteiger partial charge in [-0.2, -0.15) is 0 Å². The van der Waals surface area contributed by atoms with Crippen LogP contribution in [-0.2, 0) is 0 Å². The van der Waals surface area contributed by atoms with E-state index in [0.717, 1.165) is 5.56 Å². The molecule has 21 heavy (non-hydrogen) atoms. The molecular formula is C19H13FO. The number of carbonyl (C=O) groups excluding carboxylic acids is 1. The maximum atomic E-state index is 13.7. The zero-order valence-electron chi connectivity index (χ0n) is 11.3. The van der Waals surface area contributed by atoms with E-state index < -0.39 is 0 Å². The Morgan fingerprint density at radius 3 is 1.90 bits per heavy atom. The summed E-state index contributed by atoms with van der Waals surface area (Å²) in [6, 6.07) is 22.7. The van der Waals surface area contributed by atoms with Crippen molar-refractivity contribution >= 4 is 5.78 Å². The molecule has 1 nitrogen and oxygen atoms in total. The van der Waals surface area contributed by atoms with E-state index >= 15 is 0 Å². The van der Waals surface area contributed by atoms with Gasteiger partial charge in [0.05, 0.1) is 0 Å². The first kappa shape index (κ1) is 13.3. The molecule has 0 bridgehead atoms. The Morgan fingerprint density at radius 2 is 1.24 bits per heavy atom. The molecular weight excluding hydrogens is 263 g/mol. The number of hydrogen-bond acceptors (Lipinski definition) is 1. The van der Waals surface area contributed by atoms with Crippen molar-refractivity contribution in [3.8, 4) is 11.1 Å². The average molecular weight is 276 g/mol. The fourth-order valence-corrected chi connectivity index (χ4v) is 2.25. The van der Waals surface area contributed by atoms with Gasteiger partial charge in [0.2, 0.25) is 0 Å². The van der Waals surface area contributed by atoms with Crippen molar-refractivity contribution in [3.63, 3.8) is 0 Å². The topological polar surface area (TPSA) is 17.1 Å². The Bertz CT molecular complexity index is 761. The van der Waals surface area contributed by atoms with Crippen molar-refractivity contribution < 1.29 is 9.18 Å². The molecule has 0 aliphatic rings. The number of benzene rings is 3. The van der Waals surface area contributed by atoms with Gasteiger partial charge in [0.1, 0.15) is 5.82 Å². The molecule has 0 fully saturated rings. The Kier molecular flexibility index (Phi) is 3.61. The number of ketones is 1. The van der Waals surface area contributed by atoms with E-state index in [1.165, 1.54) is 6.07 Å². The van der Waals surface area contributed by atoms with Crippen molar-refractivity contribution in [2.24, 2.45) is 0 Å². The summed E-state index contributed by atoms with van der Waals surface area (Å²) in [5.74, 6) is -0.296. The summed E-state index contributed by atoms with van der Waals surface area (Å²) in [7, 11) is 0. The summed E-state index contributed by atoms with van der Waals surface area (Å²) in [5, 5.41) is 0. The standard InChI is InChI=1S/C19H13FO/c20-18-9-5-4-8-17(18)14-10-12-16(13-11-14)19(21)15-6-2-1-3-7-15/h1-13H.